The van der Waals surface area contributed by atoms with E-state index in [1.807, 2.05) is 28.9 Å². The third kappa shape index (κ3) is 1.43. The summed E-state index contributed by atoms with van der Waals surface area (Å²) in [6.45, 7) is 4.18. The van der Waals surface area contributed by atoms with E-state index in [0.29, 0.717) is 5.65 Å². The zero-order chi connectivity index (χ0) is 13.0. The van der Waals surface area contributed by atoms with Gasteiger partial charge in [-0.15, -0.1) is 5.10 Å². The Balaban J connectivity index is 2.21. The summed E-state index contributed by atoms with van der Waals surface area (Å²) in [5.74, 6) is 0. The number of aryl methyl sites for hydroxylation is 2. The van der Waals surface area contributed by atoms with Crippen LogP contribution in [0, 0.1) is 13.8 Å². The second-order valence-electron chi connectivity index (χ2n) is 4.85. The van der Waals surface area contributed by atoms with E-state index < -0.39 is 0 Å². The van der Waals surface area contributed by atoms with Crippen molar-refractivity contribution in [3.8, 4) is 0 Å². The fourth-order valence-corrected chi connectivity index (χ4v) is 2.36. The molecule has 0 aliphatic heterocycles. The van der Waals surface area contributed by atoms with Crippen LogP contribution < -0.4 is 0 Å². The first-order chi connectivity index (χ1) is 9.22. The number of rotatable bonds is 0. The molecule has 4 nitrogen and oxygen atoms in total. The molecule has 3 aromatic heterocycles. The highest BCUT2D eigenvalue weighted by atomic mass is 15.2. The van der Waals surface area contributed by atoms with E-state index in [2.05, 4.69) is 36.1 Å². The summed E-state index contributed by atoms with van der Waals surface area (Å²) in [6.07, 6.45) is 1.92. The van der Waals surface area contributed by atoms with Gasteiger partial charge in [0.2, 0.25) is 5.65 Å². The third-order valence-corrected chi connectivity index (χ3v) is 3.55. The average Bonchev–Trinajstić information content (AvgIpc) is 2.75. The van der Waals surface area contributed by atoms with Crippen molar-refractivity contribution >= 4 is 27.7 Å². The Morgan fingerprint density at radius 1 is 0.947 bits per heavy atom. The molecule has 0 N–H and O–H groups in total. The van der Waals surface area contributed by atoms with Crippen LogP contribution in [0.1, 0.15) is 11.1 Å². The van der Waals surface area contributed by atoms with Gasteiger partial charge in [0.15, 0.2) is 0 Å². The number of benzene rings is 1. The fourth-order valence-electron chi connectivity index (χ4n) is 2.36. The predicted molar refractivity (Wildman–Crippen MR) is 75.3 cm³/mol. The van der Waals surface area contributed by atoms with Crippen molar-refractivity contribution < 1.29 is 0 Å². The molecule has 0 fully saturated rings. The highest BCUT2D eigenvalue weighted by molar-refractivity contribution is 5.94. The summed E-state index contributed by atoms with van der Waals surface area (Å²) in [5.41, 5.74) is 6.83. The first-order valence-electron chi connectivity index (χ1n) is 6.24. The van der Waals surface area contributed by atoms with Crippen LogP contribution in [0.2, 0.25) is 0 Å². The first-order valence-corrected chi connectivity index (χ1v) is 6.24. The topological polar surface area (TPSA) is 43.1 Å². The van der Waals surface area contributed by atoms with Crippen LogP contribution in [0.25, 0.3) is 27.7 Å². The number of nitrogens with zero attached hydrogens (tertiary/aromatic N) is 4. The zero-order valence-corrected chi connectivity index (χ0v) is 10.8. The van der Waals surface area contributed by atoms with Crippen LogP contribution in [-0.2, 0) is 0 Å². The summed E-state index contributed by atoms with van der Waals surface area (Å²) >= 11 is 0. The quantitative estimate of drug-likeness (QED) is 0.480. The number of pyridine rings is 1. The molecule has 0 aliphatic rings. The molecular weight excluding hydrogens is 236 g/mol. The second-order valence-corrected chi connectivity index (χ2v) is 4.85. The Kier molecular flexibility index (Phi) is 1.93. The molecule has 0 atom stereocenters. The largest absolute Gasteiger partial charge is 0.240 e. The van der Waals surface area contributed by atoms with Crippen molar-refractivity contribution in [3.63, 3.8) is 0 Å². The van der Waals surface area contributed by atoms with Crippen molar-refractivity contribution in [3.05, 3.63) is 47.7 Å². The van der Waals surface area contributed by atoms with Gasteiger partial charge in [-0.1, -0.05) is 6.07 Å². The van der Waals surface area contributed by atoms with Crippen molar-refractivity contribution in [1.29, 1.82) is 0 Å². The lowest BCUT2D eigenvalue weighted by Crippen LogP contribution is -1.89. The normalized spacial score (nSPS) is 11.7. The van der Waals surface area contributed by atoms with Crippen LogP contribution in [0.5, 0.6) is 0 Å². The molecule has 0 aliphatic carbocycles. The Hall–Kier alpha value is -2.49. The van der Waals surface area contributed by atoms with Gasteiger partial charge in [-0.25, -0.2) is 14.5 Å². The Bertz CT molecular complexity index is 937. The van der Waals surface area contributed by atoms with Gasteiger partial charge in [-0.05, 0) is 49.2 Å². The maximum Gasteiger partial charge on any atom is 0.201 e. The molecule has 4 aromatic rings. The molecule has 0 saturated carbocycles. The molecule has 0 amide bonds. The molecular formula is C15H12N4. The monoisotopic (exact) mass is 248 g/mol. The molecule has 19 heavy (non-hydrogen) atoms. The second kappa shape index (κ2) is 3.51. The molecule has 0 unspecified atom stereocenters. The number of fused-ring (bicyclic) bond motifs is 4. The van der Waals surface area contributed by atoms with Gasteiger partial charge < -0.3 is 0 Å². The molecule has 0 saturated heterocycles. The van der Waals surface area contributed by atoms with Gasteiger partial charge in [-0.2, -0.15) is 0 Å². The standard InChI is InChI=1S/C15H12N4/c1-9-7-11-12(8-10(9)2)17-15-14(16-11)13-5-3-4-6-19(13)18-15/h3-8H,1-2H3. The Labute approximate surface area is 109 Å². The lowest BCUT2D eigenvalue weighted by molar-refractivity contribution is 0.973. The lowest BCUT2D eigenvalue weighted by Gasteiger charge is -2.02. The molecule has 0 radical (unpaired) electrons. The van der Waals surface area contributed by atoms with Gasteiger partial charge >= 0.3 is 0 Å². The smallest absolute Gasteiger partial charge is 0.201 e. The molecule has 0 bridgehead atoms. The van der Waals surface area contributed by atoms with Crippen molar-refractivity contribution in [2.75, 3.05) is 0 Å². The lowest BCUT2D eigenvalue weighted by atomic mass is 10.1. The van der Waals surface area contributed by atoms with Crippen molar-refractivity contribution in [2.45, 2.75) is 13.8 Å². The summed E-state index contributed by atoms with van der Waals surface area (Å²) in [6, 6.07) is 10.1. The molecule has 1 aromatic carbocycles. The number of aromatic nitrogens is 4. The van der Waals surface area contributed by atoms with Gasteiger partial charge in [0.25, 0.3) is 0 Å². The highest BCUT2D eigenvalue weighted by Gasteiger charge is 2.09. The Morgan fingerprint density at radius 3 is 2.47 bits per heavy atom. The van der Waals surface area contributed by atoms with Crippen LogP contribution in [-0.4, -0.2) is 19.6 Å². The van der Waals surface area contributed by atoms with Crippen LogP contribution >= 0.6 is 0 Å². The number of hydrogen-bond donors (Lipinski definition) is 0. The minimum Gasteiger partial charge on any atom is -0.240 e. The van der Waals surface area contributed by atoms with Gasteiger partial charge in [-0.3, -0.25) is 0 Å². The minimum absolute atomic E-state index is 0.696. The van der Waals surface area contributed by atoms with Crippen LogP contribution in [0.4, 0.5) is 0 Å². The van der Waals surface area contributed by atoms with E-state index in [4.69, 9.17) is 4.98 Å². The fraction of sp³-hybridized carbons (Fsp3) is 0.133. The Morgan fingerprint density at radius 2 is 1.68 bits per heavy atom. The van der Waals surface area contributed by atoms with E-state index in [1.54, 1.807) is 0 Å². The first kappa shape index (κ1) is 10.4. The summed E-state index contributed by atoms with van der Waals surface area (Å²) < 4.78 is 1.82. The number of hydrogen-bond acceptors (Lipinski definition) is 3. The third-order valence-electron chi connectivity index (χ3n) is 3.55. The van der Waals surface area contributed by atoms with Gasteiger partial charge in [0.05, 0.1) is 16.6 Å². The van der Waals surface area contributed by atoms with Crippen LogP contribution in [0.15, 0.2) is 36.5 Å². The van der Waals surface area contributed by atoms with E-state index in [1.165, 1.54) is 11.1 Å². The molecule has 0 spiro atoms. The summed E-state index contributed by atoms with van der Waals surface area (Å²) in [4.78, 5) is 9.34. The van der Waals surface area contributed by atoms with Crippen molar-refractivity contribution in [2.24, 2.45) is 0 Å². The van der Waals surface area contributed by atoms with E-state index in [-0.39, 0.29) is 0 Å². The average molecular weight is 248 g/mol. The maximum atomic E-state index is 4.72. The van der Waals surface area contributed by atoms with Crippen LogP contribution in [0.3, 0.4) is 0 Å². The molecule has 4 heteroatoms. The SMILES string of the molecule is Cc1cc2nc3nn4ccccc4c3nc2cc1C. The molecule has 3 heterocycles. The molecule has 92 valence electrons. The maximum absolute atomic E-state index is 4.72. The van der Waals surface area contributed by atoms with E-state index >= 15 is 0 Å². The van der Waals surface area contributed by atoms with Gasteiger partial charge in [0.1, 0.15) is 5.52 Å². The van der Waals surface area contributed by atoms with Crippen molar-refractivity contribution in [1.82, 2.24) is 19.6 Å². The zero-order valence-electron chi connectivity index (χ0n) is 10.8. The molecule has 4 rings (SSSR count). The summed E-state index contributed by atoms with van der Waals surface area (Å²) in [7, 11) is 0. The minimum atomic E-state index is 0.696. The van der Waals surface area contributed by atoms with E-state index in [9.17, 15) is 0 Å². The highest BCUT2D eigenvalue weighted by Crippen LogP contribution is 2.21. The summed E-state index contributed by atoms with van der Waals surface area (Å²) in [5, 5.41) is 4.46. The van der Waals surface area contributed by atoms with Gasteiger partial charge in [0, 0.05) is 6.20 Å². The van der Waals surface area contributed by atoms with E-state index in [0.717, 1.165) is 22.1 Å². The predicted octanol–water partition coefficient (Wildman–Crippen LogP) is 3.05.